The second-order valence-electron chi connectivity index (χ2n) is 4.61. The van der Waals surface area contributed by atoms with Crippen molar-refractivity contribution in [1.29, 1.82) is 0 Å². The van der Waals surface area contributed by atoms with Gasteiger partial charge in [0, 0.05) is 20.6 Å². The smallest absolute Gasteiger partial charge is 0.346 e. The Balaban J connectivity index is 2.11. The van der Waals surface area contributed by atoms with Crippen LogP contribution in [0.15, 0.2) is 33.9 Å². The lowest BCUT2D eigenvalue weighted by molar-refractivity contribution is 0.410. The van der Waals surface area contributed by atoms with E-state index in [-0.39, 0.29) is 5.82 Å². The van der Waals surface area contributed by atoms with Crippen LogP contribution in [0.1, 0.15) is 5.56 Å². The Morgan fingerprint density at radius 2 is 1.95 bits per heavy atom. The van der Waals surface area contributed by atoms with Crippen molar-refractivity contribution in [2.24, 2.45) is 14.1 Å². The van der Waals surface area contributed by atoms with E-state index in [1.165, 1.54) is 14.1 Å². The summed E-state index contributed by atoms with van der Waals surface area (Å²) in [6, 6.07) is 7.69. The van der Waals surface area contributed by atoms with Gasteiger partial charge in [0.2, 0.25) is 5.82 Å². The molecule has 0 saturated carbocycles. The fourth-order valence-electron chi connectivity index (χ4n) is 2.03. The molecule has 0 radical (unpaired) electrons. The third-order valence-corrected chi connectivity index (χ3v) is 3.20. The molecule has 2 rings (SSSR count). The second kappa shape index (κ2) is 6.25. The molecular formula is C14H18N4O3. The van der Waals surface area contributed by atoms with E-state index in [1.54, 1.807) is 7.11 Å². The van der Waals surface area contributed by atoms with E-state index in [1.807, 2.05) is 24.3 Å². The van der Waals surface area contributed by atoms with Gasteiger partial charge in [-0.1, -0.05) is 18.2 Å². The highest BCUT2D eigenvalue weighted by Gasteiger charge is 2.08. The number of para-hydroxylation sites is 1. The third-order valence-electron chi connectivity index (χ3n) is 3.20. The van der Waals surface area contributed by atoms with Gasteiger partial charge < -0.3 is 10.1 Å². The zero-order valence-corrected chi connectivity index (χ0v) is 12.3. The van der Waals surface area contributed by atoms with Crippen LogP contribution in [0.25, 0.3) is 0 Å². The minimum absolute atomic E-state index is 0.162. The minimum atomic E-state index is -0.449. The van der Waals surface area contributed by atoms with E-state index in [2.05, 4.69) is 10.4 Å². The van der Waals surface area contributed by atoms with Crippen LogP contribution in [0.2, 0.25) is 0 Å². The Hall–Kier alpha value is -2.57. The fraction of sp³-hybridized carbons (Fsp3) is 0.357. The van der Waals surface area contributed by atoms with Gasteiger partial charge in [0.15, 0.2) is 0 Å². The molecule has 0 fully saturated rings. The second-order valence-corrected chi connectivity index (χ2v) is 4.61. The Bertz CT molecular complexity index is 749. The number of rotatable bonds is 5. The summed E-state index contributed by atoms with van der Waals surface area (Å²) in [6.07, 6.45) is 0.678. The quantitative estimate of drug-likeness (QED) is 0.847. The van der Waals surface area contributed by atoms with Crippen LogP contribution < -0.4 is 21.3 Å². The number of methoxy groups -OCH3 is 1. The van der Waals surface area contributed by atoms with E-state index in [0.717, 1.165) is 20.6 Å². The Morgan fingerprint density at radius 1 is 1.24 bits per heavy atom. The summed E-state index contributed by atoms with van der Waals surface area (Å²) in [5.41, 5.74) is 0.155. The topological polar surface area (TPSA) is 78.2 Å². The van der Waals surface area contributed by atoms with Crippen LogP contribution in [0.5, 0.6) is 5.75 Å². The van der Waals surface area contributed by atoms with Gasteiger partial charge in [0.05, 0.1) is 7.11 Å². The average Bonchev–Trinajstić information content (AvgIpc) is 2.50. The maximum absolute atomic E-state index is 11.9. The maximum Gasteiger partial charge on any atom is 0.346 e. The lowest BCUT2D eigenvalue weighted by Gasteiger charge is -2.10. The predicted octanol–water partition coefficient (Wildman–Crippen LogP) is 0.142. The van der Waals surface area contributed by atoms with Crippen molar-refractivity contribution in [2.45, 2.75) is 6.42 Å². The summed E-state index contributed by atoms with van der Waals surface area (Å²) in [5, 5.41) is 6.90. The molecule has 0 spiro atoms. The lowest BCUT2D eigenvalue weighted by Crippen LogP contribution is -2.40. The monoisotopic (exact) mass is 290 g/mol. The van der Waals surface area contributed by atoms with Crippen molar-refractivity contribution < 1.29 is 4.74 Å². The number of nitrogens with zero attached hydrogens (tertiary/aromatic N) is 3. The van der Waals surface area contributed by atoms with Gasteiger partial charge in [-0.25, -0.2) is 9.48 Å². The van der Waals surface area contributed by atoms with Crippen LogP contribution in [0, 0.1) is 0 Å². The molecule has 7 heteroatoms. The number of aryl methyl sites for hydroxylation is 1. The maximum atomic E-state index is 11.9. The first-order valence-electron chi connectivity index (χ1n) is 6.54. The summed E-state index contributed by atoms with van der Waals surface area (Å²) in [7, 11) is 4.56. The highest BCUT2D eigenvalue weighted by Crippen LogP contribution is 2.17. The summed E-state index contributed by atoms with van der Waals surface area (Å²) in [6.45, 7) is 0.515. The number of anilines is 1. The van der Waals surface area contributed by atoms with Crippen molar-refractivity contribution in [3.63, 3.8) is 0 Å². The average molecular weight is 290 g/mol. The summed E-state index contributed by atoms with van der Waals surface area (Å²) >= 11 is 0. The molecule has 0 aliphatic carbocycles. The van der Waals surface area contributed by atoms with E-state index in [0.29, 0.717) is 13.0 Å². The number of ether oxygens (including phenoxy) is 1. The molecule has 0 bridgehead atoms. The number of aromatic nitrogens is 3. The van der Waals surface area contributed by atoms with E-state index in [9.17, 15) is 9.59 Å². The van der Waals surface area contributed by atoms with E-state index < -0.39 is 11.2 Å². The molecule has 1 heterocycles. The third kappa shape index (κ3) is 3.13. The van der Waals surface area contributed by atoms with Gasteiger partial charge in [-0.05, 0) is 18.1 Å². The molecule has 0 amide bonds. The Morgan fingerprint density at radius 3 is 2.67 bits per heavy atom. The van der Waals surface area contributed by atoms with Crippen LogP contribution in [0.3, 0.4) is 0 Å². The van der Waals surface area contributed by atoms with Crippen LogP contribution in [-0.4, -0.2) is 28.0 Å². The molecule has 21 heavy (non-hydrogen) atoms. The first-order valence-corrected chi connectivity index (χ1v) is 6.54. The molecule has 7 nitrogen and oxygen atoms in total. The normalized spacial score (nSPS) is 10.4. The summed E-state index contributed by atoms with van der Waals surface area (Å²) in [4.78, 5) is 23.4. The highest BCUT2D eigenvalue weighted by molar-refractivity contribution is 5.35. The van der Waals surface area contributed by atoms with Crippen molar-refractivity contribution in [3.8, 4) is 5.75 Å². The first-order chi connectivity index (χ1) is 10.0. The zero-order chi connectivity index (χ0) is 15.4. The molecule has 0 saturated heterocycles. The van der Waals surface area contributed by atoms with Gasteiger partial charge >= 0.3 is 5.69 Å². The van der Waals surface area contributed by atoms with Gasteiger partial charge in [-0.2, -0.15) is 0 Å². The molecule has 1 aromatic carbocycles. The van der Waals surface area contributed by atoms with Crippen LogP contribution in [-0.2, 0) is 20.5 Å². The number of hydrogen-bond donors (Lipinski definition) is 1. The SMILES string of the molecule is COc1ccccc1CCNc1nn(C)c(=O)n(C)c1=O. The van der Waals surface area contributed by atoms with Crippen LogP contribution >= 0.6 is 0 Å². The summed E-state index contributed by atoms with van der Waals surface area (Å²) < 4.78 is 7.43. The van der Waals surface area contributed by atoms with Crippen molar-refractivity contribution in [2.75, 3.05) is 19.0 Å². The largest absolute Gasteiger partial charge is 0.496 e. The number of benzene rings is 1. The van der Waals surface area contributed by atoms with Crippen molar-refractivity contribution in [1.82, 2.24) is 14.3 Å². The molecule has 0 aliphatic heterocycles. The zero-order valence-electron chi connectivity index (χ0n) is 12.3. The molecule has 112 valence electrons. The van der Waals surface area contributed by atoms with Crippen LogP contribution in [0.4, 0.5) is 5.82 Å². The van der Waals surface area contributed by atoms with Gasteiger partial charge in [-0.3, -0.25) is 9.36 Å². The molecule has 0 aliphatic rings. The van der Waals surface area contributed by atoms with Gasteiger partial charge in [-0.15, -0.1) is 5.10 Å². The molecular weight excluding hydrogens is 272 g/mol. The molecule has 1 aromatic heterocycles. The molecule has 2 aromatic rings. The summed E-state index contributed by atoms with van der Waals surface area (Å²) in [5.74, 6) is 0.968. The van der Waals surface area contributed by atoms with Gasteiger partial charge in [0.1, 0.15) is 5.75 Å². The van der Waals surface area contributed by atoms with Crippen molar-refractivity contribution >= 4 is 5.82 Å². The predicted molar refractivity (Wildman–Crippen MR) is 79.9 cm³/mol. The molecule has 0 atom stereocenters. The molecule has 1 N–H and O–H groups in total. The fourth-order valence-corrected chi connectivity index (χ4v) is 2.03. The molecule has 0 unspecified atom stereocenters. The van der Waals surface area contributed by atoms with E-state index >= 15 is 0 Å². The first kappa shape index (κ1) is 14.8. The van der Waals surface area contributed by atoms with Gasteiger partial charge in [0.25, 0.3) is 5.56 Å². The highest BCUT2D eigenvalue weighted by atomic mass is 16.5. The van der Waals surface area contributed by atoms with E-state index in [4.69, 9.17) is 4.74 Å². The minimum Gasteiger partial charge on any atom is -0.496 e. The lowest BCUT2D eigenvalue weighted by atomic mass is 10.1. The standard InChI is InChI=1S/C14H18N4O3/c1-17-13(19)12(16-18(2)14(17)20)15-9-8-10-6-4-5-7-11(10)21-3/h4-7H,8-9H2,1-3H3,(H,15,16). The number of nitrogens with one attached hydrogen (secondary N) is 1. The Labute approximate surface area is 121 Å². The number of hydrogen-bond acceptors (Lipinski definition) is 5. The Kier molecular flexibility index (Phi) is 4.42. The van der Waals surface area contributed by atoms with Crippen molar-refractivity contribution in [3.05, 3.63) is 50.7 Å².